The lowest BCUT2D eigenvalue weighted by Crippen LogP contribution is -2.38. The molecule has 4 nitrogen and oxygen atoms in total. The molecule has 2 N–H and O–H groups in total. The fourth-order valence-electron chi connectivity index (χ4n) is 4.16. The smallest absolute Gasteiger partial charge is 0.312 e. The Kier molecular flexibility index (Phi) is 2.00. The lowest BCUT2D eigenvalue weighted by Gasteiger charge is -2.37. The van der Waals surface area contributed by atoms with Crippen LogP contribution in [0, 0.1) is 5.92 Å². The molecular formula is C18H14N2O2. The van der Waals surface area contributed by atoms with Crippen LogP contribution < -0.4 is 0 Å². The summed E-state index contributed by atoms with van der Waals surface area (Å²) >= 11 is 0. The molecule has 2 unspecified atom stereocenters. The standard InChI is InChI=1S/C18H14N2O2/c21-17(22)13-10-20-9-7-12-11-4-1-2-6-15(11)19-16(12)18(20)8-3-5-14(13)18/h1-9,13,19H,10H2,(H,21,22). The van der Waals surface area contributed by atoms with Crippen LogP contribution in [0.15, 0.2) is 54.3 Å². The lowest BCUT2D eigenvalue weighted by atomic mass is 9.82. The average molecular weight is 290 g/mol. The summed E-state index contributed by atoms with van der Waals surface area (Å²) in [6, 6.07) is 8.21. The number of allylic oxidation sites excluding steroid dienone is 2. The van der Waals surface area contributed by atoms with Crippen LogP contribution in [0.1, 0.15) is 11.3 Å². The topological polar surface area (TPSA) is 56.3 Å². The van der Waals surface area contributed by atoms with Crippen molar-refractivity contribution in [3.63, 3.8) is 0 Å². The summed E-state index contributed by atoms with van der Waals surface area (Å²) in [5.74, 6) is -1.22. The Morgan fingerprint density at radius 2 is 2.23 bits per heavy atom. The van der Waals surface area contributed by atoms with Gasteiger partial charge in [-0.15, -0.1) is 0 Å². The van der Waals surface area contributed by atoms with Crippen LogP contribution in [-0.2, 0) is 10.3 Å². The number of carbonyl (C=O) groups is 1. The fraction of sp³-hybridized carbons (Fsp3) is 0.167. The second-order valence-electron chi connectivity index (χ2n) is 6.07. The first-order valence-electron chi connectivity index (χ1n) is 7.40. The molecule has 0 radical (unpaired) electrons. The first-order valence-corrected chi connectivity index (χ1v) is 7.40. The van der Waals surface area contributed by atoms with E-state index in [1.807, 2.05) is 30.5 Å². The van der Waals surface area contributed by atoms with Gasteiger partial charge in [0.1, 0.15) is 5.54 Å². The molecule has 0 bridgehead atoms. The molecule has 3 aliphatic rings. The van der Waals surface area contributed by atoms with Gasteiger partial charge >= 0.3 is 5.97 Å². The van der Waals surface area contributed by atoms with E-state index in [4.69, 9.17) is 0 Å². The van der Waals surface area contributed by atoms with Gasteiger partial charge in [0.15, 0.2) is 0 Å². The zero-order valence-corrected chi connectivity index (χ0v) is 11.8. The molecule has 0 amide bonds. The Balaban J connectivity index is 1.83. The molecule has 1 spiro atoms. The molecule has 1 fully saturated rings. The van der Waals surface area contributed by atoms with Crippen molar-refractivity contribution in [1.82, 2.24) is 9.88 Å². The number of carboxylic acid groups (broad SMARTS) is 1. The van der Waals surface area contributed by atoms with Crippen molar-refractivity contribution in [2.75, 3.05) is 6.54 Å². The van der Waals surface area contributed by atoms with Crippen LogP contribution in [0.3, 0.4) is 0 Å². The molecule has 22 heavy (non-hydrogen) atoms. The molecule has 1 aliphatic carbocycles. The van der Waals surface area contributed by atoms with E-state index in [9.17, 15) is 9.90 Å². The molecule has 1 saturated heterocycles. The Bertz CT molecular complexity index is 918. The summed E-state index contributed by atoms with van der Waals surface area (Å²) in [5.41, 5.74) is 3.84. The molecule has 2 atom stereocenters. The summed E-state index contributed by atoms with van der Waals surface area (Å²) in [7, 11) is 0. The molecule has 4 heteroatoms. The van der Waals surface area contributed by atoms with Gasteiger partial charge in [0.2, 0.25) is 0 Å². The van der Waals surface area contributed by atoms with Crippen molar-refractivity contribution in [3.8, 4) is 0 Å². The van der Waals surface area contributed by atoms with E-state index < -0.39 is 17.4 Å². The molecule has 5 rings (SSSR count). The maximum absolute atomic E-state index is 11.6. The van der Waals surface area contributed by atoms with Gasteiger partial charge in [-0.3, -0.25) is 4.79 Å². The van der Waals surface area contributed by atoms with Crippen molar-refractivity contribution in [2.24, 2.45) is 5.92 Å². The van der Waals surface area contributed by atoms with E-state index in [-0.39, 0.29) is 0 Å². The van der Waals surface area contributed by atoms with Gasteiger partial charge in [0, 0.05) is 29.2 Å². The number of aromatic amines is 1. The number of aliphatic carboxylic acids is 1. The molecule has 1 aromatic heterocycles. The Morgan fingerprint density at radius 3 is 3.09 bits per heavy atom. The van der Waals surface area contributed by atoms with Crippen LogP contribution >= 0.6 is 0 Å². The number of fused-ring (bicyclic) bond motifs is 3. The minimum atomic E-state index is -0.755. The van der Waals surface area contributed by atoms with Gasteiger partial charge in [0.05, 0.1) is 11.6 Å². The minimum absolute atomic E-state index is 0.452. The highest BCUT2D eigenvalue weighted by Gasteiger charge is 2.54. The number of H-pyrrole nitrogens is 1. The predicted molar refractivity (Wildman–Crippen MR) is 84.1 cm³/mol. The molecule has 1 aromatic carbocycles. The molecule has 3 heterocycles. The Labute approximate surface area is 127 Å². The number of para-hydroxylation sites is 1. The third-order valence-electron chi connectivity index (χ3n) is 5.11. The highest BCUT2D eigenvalue weighted by molar-refractivity contribution is 5.93. The first-order chi connectivity index (χ1) is 10.7. The second-order valence-corrected chi connectivity index (χ2v) is 6.07. The summed E-state index contributed by atoms with van der Waals surface area (Å²) in [6.07, 6.45) is 10.2. The van der Waals surface area contributed by atoms with Crippen molar-refractivity contribution >= 4 is 22.9 Å². The number of hydrogen-bond donors (Lipinski definition) is 2. The third-order valence-corrected chi connectivity index (χ3v) is 5.11. The zero-order valence-electron chi connectivity index (χ0n) is 11.8. The molecule has 2 aromatic rings. The number of hydrogen-bond acceptors (Lipinski definition) is 2. The highest BCUT2D eigenvalue weighted by Crippen LogP contribution is 2.53. The SMILES string of the molecule is O=C(O)C1CN2C=Cc3c([nH]c4ccccc34)C23C=CC=C13. The van der Waals surface area contributed by atoms with Crippen molar-refractivity contribution in [3.05, 3.63) is 65.5 Å². The maximum Gasteiger partial charge on any atom is 0.312 e. The lowest BCUT2D eigenvalue weighted by molar-refractivity contribution is -0.140. The van der Waals surface area contributed by atoms with Crippen LogP contribution in [0.5, 0.6) is 0 Å². The van der Waals surface area contributed by atoms with Crippen LogP contribution in [0.4, 0.5) is 0 Å². The molecule has 0 saturated carbocycles. The van der Waals surface area contributed by atoms with Gasteiger partial charge in [-0.1, -0.05) is 30.4 Å². The van der Waals surface area contributed by atoms with Gasteiger partial charge in [-0.25, -0.2) is 0 Å². The van der Waals surface area contributed by atoms with E-state index in [1.54, 1.807) is 0 Å². The number of nitrogens with zero attached hydrogens (tertiary/aromatic N) is 1. The van der Waals surface area contributed by atoms with Crippen LogP contribution in [-0.4, -0.2) is 27.5 Å². The maximum atomic E-state index is 11.6. The number of carboxylic acids is 1. The van der Waals surface area contributed by atoms with E-state index in [1.165, 1.54) is 5.39 Å². The number of aromatic nitrogens is 1. The zero-order chi connectivity index (χ0) is 14.9. The fourth-order valence-corrected chi connectivity index (χ4v) is 4.16. The van der Waals surface area contributed by atoms with Crippen LogP contribution in [0.25, 0.3) is 17.0 Å². The normalized spacial score (nSPS) is 27.7. The van der Waals surface area contributed by atoms with Gasteiger partial charge in [0.25, 0.3) is 0 Å². The largest absolute Gasteiger partial charge is 0.481 e. The monoisotopic (exact) mass is 290 g/mol. The summed E-state index contributed by atoms with van der Waals surface area (Å²) in [5, 5.41) is 10.7. The Hall–Kier alpha value is -2.75. The number of rotatable bonds is 1. The average Bonchev–Trinajstić information content (AvgIpc) is 3.15. The van der Waals surface area contributed by atoms with Crippen molar-refractivity contribution in [1.29, 1.82) is 0 Å². The second kappa shape index (κ2) is 3.71. The van der Waals surface area contributed by atoms with E-state index in [2.05, 4.69) is 34.2 Å². The summed E-state index contributed by atoms with van der Waals surface area (Å²) in [6.45, 7) is 0.511. The summed E-state index contributed by atoms with van der Waals surface area (Å²) in [4.78, 5) is 17.3. The van der Waals surface area contributed by atoms with Gasteiger partial charge in [-0.2, -0.15) is 0 Å². The van der Waals surface area contributed by atoms with E-state index >= 15 is 0 Å². The number of benzene rings is 1. The third kappa shape index (κ3) is 1.18. The van der Waals surface area contributed by atoms with E-state index in [0.717, 1.165) is 22.3 Å². The van der Waals surface area contributed by atoms with Gasteiger partial charge in [-0.05, 0) is 23.8 Å². The minimum Gasteiger partial charge on any atom is -0.481 e. The van der Waals surface area contributed by atoms with Crippen LogP contribution in [0.2, 0.25) is 0 Å². The van der Waals surface area contributed by atoms with E-state index in [0.29, 0.717) is 6.54 Å². The predicted octanol–water partition coefficient (Wildman–Crippen LogP) is 2.86. The van der Waals surface area contributed by atoms with Crippen molar-refractivity contribution in [2.45, 2.75) is 5.54 Å². The summed E-state index contributed by atoms with van der Waals surface area (Å²) < 4.78 is 0. The molecular weight excluding hydrogens is 276 g/mol. The molecule has 2 aliphatic heterocycles. The number of nitrogens with one attached hydrogen (secondary N) is 1. The van der Waals surface area contributed by atoms with Crippen molar-refractivity contribution < 1.29 is 9.90 Å². The van der Waals surface area contributed by atoms with Gasteiger partial charge < -0.3 is 15.0 Å². The quantitative estimate of drug-likeness (QED) is 0.849. The molecule has 108 valence electrons. The highest BCUT2D eigenvalue weighted by atomic mass is 16.4. The first kappa shape index (κ1) is 11.9. The Morgan fingerprint density at radius 1 is 1.36 bits per heavy atom.